The van der Waals surface area contributed by atoms with Gasteiger partial charge in [0.1, 0.15) is 11.5 Å². The van der Waals surface area contributed by atoms with Crippen molar-refractivity contribution in [3.05, 3.63) is 54.7 Å². The van der Waals surface area contributed by atoms with Gasteiger partial charge in [-0.05, 0) is 30.3 Å². The molecule has 0 atom stereocenters. The molecule has 0 bridgehead atoms. The Balaban J connectivity index is 1.89. The first-order valence-corrected chi connectivity index (χ1v) is 7.93. The molecule has 1 N–H and O–H groups in total. The van der Waals surface area contributed by atoms with Gasteiger partial charge in [-0.1, -0.05) is 0 Å². The highest BCUT2D eigenvalue weighted by Gasteiger charge is 2.17. The van der Waals surface area contributed by atoms with Crippen LogP contribution in [-0.2, 0) is 11.8 Å². The molecule has 0 fully saturated rings. The van der Waals surface area contributed by atoms with E-state index in [4.69, 9.17) is 0 Å². The fourth-order valence-corrected chi connectivity index (χ4v) is 2.85. The molecule has 0 spiro atoms. The molecule has 26 heavy (non-hydrogen) atoms. The number of amides is 1. The number of nitrogens with zero attached hydrogens (tertiary/aromatic N) is 5. The molecule has 8 heteroatoms. The van der Waals surface area contributed by atoms with E-state index in [1.165, 1.54) is 19.1 Å². The zero-order valence-corrected chi connectivity index (χ0v) is 14.1. The lowest BCUT2D eigenvalue weighted by atomic mass is 10.0. The van der Waals surface area contributed by atoms with Crippen molar-refractivity contribution in [2.45, 2.75) is 6.92 Å². The highest BCUT2D eigenvalue weighted by molar-refractivity contribution is 5.90. The Bertz CT molecular complexity index is 1110. The Morgan fingerprint density at radius 1 is 1.12 bits per heavy atom. The van der Waals surface area contributed by atoms with Gasteiger partial charge in [0.25, 0.3) is 0 Å². The van der Waals surface area contributed by atoms with E-state index in [9.17, 15) is 9.18 Å². The Morgan fingerprint density at radius 2 is 1.88 bits per heavy atom. The molecule has 0 unspecified atom stereocenters. The number of aromatic nitrogens is 5. The predicted molar refractivity (Wildman–Crippen MR) is 94.9 cm³/mol. The molecule has 0 saturated carbocycles. The molecule has 7 nitrogen and oxygen atoms in total. The van der Waals surface area contributed by atoms with Crippen LogP contribution in [0.25, 0.3) is 28.0 Å². The van der Waals surface area contributed by atoms with Crippen LogP contribution in [0.1, 0.15) is 6.92 Å². The number of aryl methyl sites for hydroxylation is 1. The molecule has 3 aromatic heterocycles. The smallest absolute Gasteiger partial charge is 0.222 e. The monoisotopic (exact) mass is 350 g/mol. The maximum absolute atomic E-state index is 13.3. The maximum atomic E-state index is 13.3. The van der Waals surface area contributed by atoms with E-state index in [1.54, 1.807) is 33.7 Å². The van der Waals surface area contributed by atoms with Gasteiger partial charge in [-0.15, -0.1) is 0 Å². The molecule has 0 radical (unpaired) electrons. The van der Waals surface area contributed by atoms with Crippen LogP contribution in [-0.4, -0.2) is 30.3 Å². The van der Waals surface area contributed by atoms with Crippen molar-refractivity contribution in [3.63, 3.8) is 0 Å². The van der Waals surface area contributed by atoms with E-state index >= 15 is 0 Å². The van der Waals surface area contributed by atoms with Crippen LogP contribution in [0.2, 0.25) is 0 Å². The SMILES string of the molecule is CC(=O)Nc1cn2nccc(-c3cn(C)nc3-c3ccc(F)cc3)c2n1. The summed E-state index contributed by atoms with van der Waals surface area (Å²) in [5.41, 5.74) is 3.75. The third-order valence-corrected chi connectivity index (χ3v) is 3.90. The minimum absolute atomic E-state index is 0.205. The van der Waals surface area contributed by atoms with Crippen LogP contribution in [0.15, 0.2) is 48.9 Å². The van der Waals surface area contributed by atoms with Gasteiger partial charge in [-0.25, -0.2) is 13.9 Å². The van der Waals surface area contributed by atoms with Crippen molar-refractivity contribution < 1.29 is 9.18 Å². The van der Waals surface area contributed by atoms with Crippen LogP contribution in [0, 0.1) is 5.82 Å². The molecule has 0 aliphatic carbocycles. The first-order valence-electron chi connectivity index (χ1n) is 7.93. The number of halogens is 1. The minimum Gasteiger partial charge on any atom is -0.310 e. The number of benzene rings is 1. The van der Waals surface area contributed by atoms with E-state index < -0.39 is 0 Å². The van der Waals surface area contributed by atoms with Gasteiger partial charge in [0.2, 0.25) is 5.91 Å². The normalized spacial score (nSPS) is 11.0. The lowest BCUT2D eigenvalue weighted by Gasteiger charge is -2.04. The number of hydrogen-bond acceptors (Lipinski definition) is 4. The van der Waals surface area contributed by atoms with Crippen LogP contribution in [0.4, 0.5) is 10.2 Å². The predicted octanol–water partition coefficient (Wildman–Crippen LogP) is 2.89. The second kappa shape index (κ2) is 6.07. The van der Waals surface area contributed by atoms with Gasteiger partial charge in [0.15, 0.2) is 11.5 Å². The Hall–Kier alpha value is -3.55. The summed E-state index contributed by atoms with van der Waals surface area (Å²) in [6.45, 7) is 1.42. The molecule has 4 rings (SSSR count). The highest BCUT2D eigenvalue weighted by Crippen LogP contribution is 2.33. The molecule has 4 aromatic rings. The molecule has 0 aliphatic heterocycles. The van der Waals surface area contributed by atoms with Crippen molar-refractivity contribution in [2.24, 2.45) is 7.05 Å². The fraction of sp³-hybridized carbons (Fsp3) is 0.111. The average Bonchev–Trinajstić information content (AvgIpc) is 3.17. The molecular weight excluding hydrogens is 335 g/mol. The maximum Gasteiger partial charge on any atom is 0.222 e. The second-order valence-electron chi connectivity index (χ2n) is 5.89. The van der Waals surface area contributed by atoms with Gasteiger partial charge in [-0.3, -0.25) is 9.48 Å². The minimum atomic E-state index is -0.300. The summed E-state index contributed by atoms with van der Waals surface area (Å²) in [4.78, 5) is 15.7. The standard InChI is InChI=1S/C18H15FN6O/c1-11(26)21-16-10-25-18(22-16)14(7-8-20-25)15-9-24(2)23-17(15)12-3-5-13(19)6-4-12/h3-10H,1-2H3,(H,21,26). The molecule has 0 aliphatic rings. The number of fused-ring (bicyclic) bond motifs is 1. The van der Waals surface area contributed by atoms with Crippen molar-refractivity contribution in [1.82, 2.24) is 24.4 Å². The summed E-state index contributed by atoms with van der Waals surface area (Å²) in [6, 6.07) is 8.02. The largest absolute Gasteiger partial charge is 0.310 e. The van der Waals surface area contributed by atoms with Gasteiger partial charge in [0, 0.05) is 43.1 Å². The third kappa shape index (κ3) is 2.81. The van der Waals surface area contributed by atoms with Crippen LogP contribution < -0.4 is 5.32 Å². The highest BCUT2D eigenvalue weighted by atomic mass is 19.1. The van der Waals surface area contributed by atoms with E-state index in [-0.39, 0.29) is 11.7 Å². The van der Waals surface area contributed by atoms with Gasteiger partial charge < -0.3 is 5.32 Å². The van der Waals surface area contributed by atoms with Crippen molar-refractivity contribution in [1.29, 1.82) is 0 Å². The Morgan fingerprint density at radius 3 is 2.62 bits per heavy atom. The Labute approximate surface area is 148 Å². The molecule has 1 amide bonds. The van der Waals surface area contributed by atoms with Crippen molar-refractivity contribution in [2.75, 3.05) is 5.32 Å². The number of hydrogen-bond donors (Lipinski definition) is 1. The topological polar surface area (TPSA) is 77.1 Å². The van der Waals surface area contributed by atoms with Crippen LogP contribution in [0.5, 0.6) is 0 Å². The number of carbonyl (C=O) groups is 1. The van der Waals surface area contributed by atoms with E-state index in [1.807, 2.05) is 19.3 Å². The first kappa shape index (κ1) is 15.9. The number of imidazole rings is 1. The number of nitrogens with one attached hydrogen (secondary N) is 1. The summed E-state index contributed by atoms with van der Waals surface area (Å²) in [5, 5.41) is 11.4. The van der Waals surface area contributed by atoms with E-state index in [2.05, 4.69) is 20.5 Å². The first-order chi connectivity index (χ1) is 12.5. The van der Waals surface area contributed by atoms with Crippen LogP contribution in [0.3, 0.4) is 0 Å². The lowest BCUT2D eigenvalue weighted by Crippen LogP contribution is -2.05. The number of anilines is 1. The zero-order chi connectivity index (χ0) is 18.3. The lowest BCUT2D eigenvalue weighted by molar-refractivity contribution is -0.114. The third-order valence-electron chi connectivity index (χ3n) is 3.90. The molecule has 1 aromatic carbocycles. The second-order valence-corrected chi connectivity index (χ2v) is 5.89. The summed E-state index contributed by atoms with van der Waals surface area (Å²) in [7, 11) is 1.82. The summed E-state index contributed by atoms with van der Waals surface area (Å²) < 4.78 is 16.6. The average molecular weight is 350 g/mol. The van der Waals surface area contributed by atoms with Crippen molar-refractivity contribution in [3.8, 4) is 22.4 Å². The van der Waals surface area contributed by atoms with Crippen LogP contribution >= 0.6 is 0 Å². The zero-order valence-electron chi connectivity index (χ0n) is 14.1. The van der Waals surface area contributed by atoms with Gasteiger partial charge >= 0.3 is 0 Å². The summed E-state index contributed by atoms with van der Waals surface area (Å²) in [6.07, 6.45) is 5.18. The van der Waals surface area contributed by atoms with Gasteiger partial charge in [0.05, 0.1) is 6.20 Å². The number of rotatable bonds is 3. The molecule has 0 saturated heterocycles. The van der Waals surface area contributed by atoms with E-state index in [0.717, 1.165) is 16.7 Å². The quantitative estimate of drug-likeness (QED) is 0.616. The number of carbonyl (C=O) groups excluding carboxylic acids is 1. The van der Waals surface area contributed by atoms with E-state index in [0.29, 0.717) is 17.2 Å². The van der Waals surface area contributed by atoms with Gasteiger partial charge in [-0.2, -0.15) is 10.2 Å². The molecule has 130 valence electrons. The van der Waals surface area contributed by atoms with Crippen molar-refractivity contribution >= 4 is 17.4 Å². The Kier molecular flexibility index (Phi) is 3.72. The molecule has 3 heterocycles. The summed E-state index contributed by atoms with van der Waals surface area (Å²) >= 11 is 0. The molecular formula is C18H15FN6O. The summed E-state index contributed by atoms with van der Waals surface area (Å²) in [5.74, 6) is -0.0845. The fourth-order valence-electron chi connectivity index (χ4n) is 2.85.